The maximum Gasteiger partial charge on any atom is 0.252 e. The second-order valence-electron chi connectivity index (χ2n) is 7.95. The lowest BCUT2D eigenvalue weighted by atomic mass is 10.1. The van der Waals surface area contributed by atoms with Crippen LogP contribution in [0.3, 0.4) is 0 Å². The van der Waals surface area contributed by atoms with Gasteiger partial charge in [0.15, 0.2) is 0 Å². The molecule has 8 heteroatoms. The van der Waals surface area contributed by atoms with Crippen molar-refractivity contribution >= 4 is 28.0 Å². The number of aliphatic hydroxyl groups excluding tert-OH is 1. The summed E-state index contributed by atoms with van der Waals surface area (Å²) in [4.78, 5) is 18.3. The molecule has 0 saturated heterocycles. The SMILES string of the molecule is O=C(NC(CCO)c1cccs1)c1ccccc1Cn1cc(-c2ccc3cnccc3c2)nn1. The van der Waals surface area contributed by atoms with Crippen LogP contribution in [0.5, 0.6) is 0 Å². The minimum absolute atomic E-state index is 0.00247. The van der Waals surface area contributed by atoms with Gasteiger partial charge in [0, 0.05) is 40.4 Å². The van der Waals surface area contributed by atoms with Crippen LogP contribution in [-0.4, -0.2) is 37.6 Å². The first-order chi connectivity index (χ1) is 16.7. The molecule has 1 unspecified atom stereocenters. The van der Waals surface area contributed by atoms with Gasteiger partial charge in [0.05, 0.1) is 18.8 Å². The highest BCUT2D eigenvalue weighted by Crippen LogP contribution is 2.24. The van der Waals surface area contributed by atoms with Crippen molar-refractivity contribution < 1.29 is 9.90 Å². The molecule has 1 amide bonds. The van der Waals surface area contributed by atoms with Gasteiger partial charge in [-0.25, -0.2) is 4.68 Å². The Bertz CT molecular complexity index is 1410. The molecular weight excluding hydrogens is 446 g/mol. The molecule has 2 aromatic carbocycles. The molecule has 34 heavy (non-hydrogen) atoms. The molecule has 0 saturated carbocycles. The zero-order chi connectivity index (χ0) is 23.3. The monoisotopic (exact) mass is 469 g/mol. The van der Waals surface area contributed by atoms with Crippen molar-refractivity contribution in [3.8, 4) is 11.3 Å². The Kier molecular flexibility index (Phi) is 6.42. The molecule has 0 fully saturated rings. The third-order valence-corrected chi connectivity index (χ3v) is 6.67. The van der Waals surface area contributed by atoms with Gasteiger partial charge in [-0.1, -0.05) is 41.6 Å². The predicted octanol–water partition coefficient (Wildman–Crippen LogP) is 4.46. The van der Waals surface area contributed by atoms with Gasteiger partial charge in [0.2, 0.25) is 0 Å². The number of fused-ring (bicyclic) bond motifs is 1. The molecule has 2 N–H and O–H groups in total. The summed E-state index contributed by atoms with van der Waals surface area (Å²) in [6, 6.07) is 19.2. The van der Waals surface area contributed by atoms with Crippen LogP contribution >= 0.6 is 11.3 Å². The van der Waals surface area contributed by atoms with Crippen molar-refractivity contribution in [3.63, 3.8) is 0 Å². The van der Waals surface area contributed by atoms with Crippen LogP contribution in [0.1, 0.15) is 33.3 Å². The van der Waals surface area contributed by atoms with Crippen molar-refractivity contribution in [2.75, 3.05) is 6.61 Å². The average molecular weight is 470 g/mol. The van der Waals surface area contributed by atoms with Crippen LogP contribution in [-0.2, 0) is 6.54 Å². The van der Waals surface area contributed by atoms with Gasteiger partial charge in [-0.3, -0.25) is 9.78 Å². The zero-order valence-corrected chi connectivity index (χ0v) is 19.2. The number of nitrogens with zero attached hydrogens (tertiary/aromatic N) is 4. The van der Waals surface area contributed by atoms with Crippen molar-refractivity contribution in [2.24, 2.45) is 0 Å². The van der Waals surface area contributed by atoms with Crippen LogP contribution < -0.4 is 5.32 Å². The Morgan fingerprint density at radius 2 is 2.00 bits per heavy atom. The van der Waals surface area contributed by atoms with E-state index in [1.807, 2.05) is 72.4 Å². The minimum atomic E-state index is -0.230. The number of rotatable bonds is 8. The molecule has 0 aliphatic rings. The van der Waals surface area contributed by atoms with Gasteiger partial charge in [-0.15, -0.1) is 16.4 Å². The van der Waals surface area contributed by atoms with E-state index in [0.29, 0.717) is 18.5 Å². The first-order valence-corrected chi connectivity index (χ1v) is 11.9. The molecule has 0 aliphatic heterocycles. The van der Waals surface area contributed by atoms with Gasteiger partial charge in [0.25, 0.3) is 5.91 Å². The summed E-state index contributed by atoms with van der Waals surface area (Å²) in [6.45, 7) is 0.412. The standard InChI is InChI=1S/C26H23N5O2S/c32-12-10-23(25-6-3-13-34-25)28-26(33)22-5-2-1-4-21(22)16-31-17-24(29-30-31)19-7-8-20-15-27-11-9-18(20)14-19/h1-9,11,13-15,17,23,32H,10,12,16H2,(H,28,33). The molecule has 0 radical (unpaired) electrons. The first kappa shape index (κ1) is 21.9. The summed E-state index contributed by atoms with van der Waals surface area (Å²) >= 11 is 1.56. The molecule has 170 valence electrons. The number of hydrogen-bond acceptors (Lipinski definition) is 6. The lowest BCUT2D eigenvalue weighted by Gasteiger charge is -2.18. The third-order valence-electron chi connectivity index (χ3n) is 5.68. The number of nitrogens with one attached hydrogen (secondary N) is 1. The summed E-state index contributed by atoms with van der Waals surface area (Å²) < 4.78 is 1.74. The molecule has 0 spiro atoms. The smallest absolute Gasteiger partial charge is 0.252 e. The van der Waals surface area contributed by atoms with Gasteiger partial charge in [-0.05, 0) is 47.0 Å². The minimum Gasteiger partial charge on any atom is -0.396 e. The van der Waals surface area contributed by atoms with Gasteiger partial charge in [0.1, 0.15) is 5.69 Å². The average Bonchev–Trinajstić information content (AvgIpc) is 3.57. The molecule has 5 aromatic rings. The second kappa shape index (κ2) is 9.94. The lowest BCUT2D eigenvalue weighted by Crippen LogP contribution is -2.29. The quantitative estimate of drug-likeness (QED) is 0.350. The maximum absolute atomic E-state index is 13.1. The topological polar surface area (TPSA) is 92.9 Å². The van der Waals surface area contributed by atoms with Gasteiger partial charge in [-0.2, -0.15) is 0 Å². The van der Waals surface area contributed by atoms with Crippen LogP contribution in [0.4, 0.5) is 0 Å². The fourth-order valence-electron chi connectivity index (χ4n) is 3.95. The number of thiophene rings is 1. The largest absolute Gasteiger partial charge is 0.396 e. The van der Waals surface area contributed by atoms with E-state index >= 15 is 0 Å². The molecule has 0 aliphatic carbocycles. The van der Waals surface area contributed by atoms with Crippen LogP contribution in [0.15, 0.2) is 84.6 Å². The van der Waals surface area contributed by atoms with Crippen molar-refractivity contribution in [1.29, 1.82) is 0 Å². The molecule has 3 aromatic heterocycles. The fourth-order valence-corrected chi connectivity index (χ4v) is 4.76. The van der Waals surface area contributed by atoms with Crippen LogP contribution in [0.2, 0.25) is 0 Å². The lowest BCUT2D eigenvalue weighted by molar-refractivity contribution is 0.0929. The van der Waals surface area contributed by atoms with E-state index in [4.69, 9.17) is 0 Å². The molecule has 7 nitrogen and oxygen atoms in total. The highest BCUT2D eigenvalue weighted by molar-refractivity contribution is 7.10. The number of benzene rings is 2. The Morgan fingerprint density at radius 3 is 2.85 bits per heavy atom. The summed E-state index contributed by atoms with van der Waals surface area (Å²) in [6.07, 6.45) is 5.95. The molecule has 5 rings (SSSR count). The van der Waals surface area contributed by atoms with Crippen LogP contribution in [0.25, 0.3) is 22.0 Å². The number of pyridine rings is 1. The summed E-state index contributed by atoms with van der Waals surface area (Å²) in [5, 5.41) is 25.3. The maximum atomic E-state index is 13.1. The number of carbonyl (C=O) groups excluding carboxylic acids is 1. The normalized spacial score (nSPS) is 12.0. The number of aliphatic hydroxyl groups is 1. The highest BCUT2D eigenvalue weighted by Gasteiger charge is 2.19. The zero-order valence-electron chi connectivity index (χ0n) is 18.3. The van der Waals surface area contributed by atoms with Crippen molar-refractivity contribution in [1.82, 2.24) is 25.3 Å². The molecule has 0 bridgehead atoms. The van der Waals surface area contributed by atoms with E-state index in [1.54, 1.807) is 22.2 Å². The Hall–Kier alpha value is -3.88. The van der Waals surface area contributed by atoms with Gasteiger partial charge >= 0.3 is 0 Å². The van der Waals surface area contributed by atoms with E-state index in [1.165, 1.54) is 0 Å². The van der Waals surface area contributed by atoms with E-state index in [9.17, 15) is 9.90 Å². The fraction of sp³-hybridized carbons (Fsp3) is 0.154. The van der Waals surface area contributed by atoms with E-state index < -0.39 is 0 Å². The predicted molar refractivity (Wildman–Crippen MR) is 133 cm³/mol. The molecule has 1 atom stereocenters. The summed E-state index contributed by atoms with van der Waals surface area (Å²) in [7, 11) is 0. The number of carbonyl (C=O) groups is 1. The molecule has 3 heterocycles. The molecular formula is C26H23N5O2S. The second-order valence-corrected chi connectivity index (χ2v) is 8.93. The summed E-state index contributed by atoms with van der Waals surface area (Å²) in [5.41, 5.74) is 3.16. The number of aromatic nitrogens is 4. The van der Waals surface area contributed by atoms with Crippen molar-refractivity contribution in [2.45, 2.75) is 19.0 Å². The third kappa shape index (κ3) is 4.73. The van der Waals surface area contributed by atoms with E-state index in [2.05, 4.69) is 26.7 Å². The van der Waals surface area contributed by atoms with Gasteiger partial charge < -0.3 is 10.4 Å². The van der Waals surface area contributed by atoms with E-state index in [-0.39, 0.29) is 18.6 Å². The Balaban J connectivity index is 1.36. The highest BCUT2D eigenvalue weighted by atomic mass is 32.1. The van der Waals surface area contributed by atoms with E-state index in [0.717, 1.165) is 32.5 Å². The first-order valence-electron chi connectivity index (χ1n) is 11.0. The number of hydrogen-bond donors (Lipinski definition) is 2. The summed E-state index contributed by atoms with van der Waals surface area (Å²) in [5.74, 6) is -0.175. The van der Waals surface area contributed by atoms with Crippen molar-refractivity contribution in [3.05, 3.63) is 101 Å². The Labute approximate surface area is 200 Å². The van der Waals surface area contributed by atoms with Crippen LogP contribution in [0, 0.1) is 0 Å². The number of amides is 1. The Morgan fingerprint density at radius 1 is 1.09 bits per heavy atom.